The molecule has 47 heavy (non-hydrogen) atoms. The summed E-state index contributed by atoms with van der Waals surface area (Å²) in [5.41, 5.74) is 4.53. The van der Waals surface area contributed by atoms with Crippen molar-refractivity contribution < 1.29 is 4.42 Å². The van der Waals surface area contributed by atoms with Crippen molar-refractivity contribution in [1.29, 1.82) is 0 Å². The number of furan rings is 1. The van der Waals surface area contributed by atoms with Crippen molar-refractivity contribution in [3.8, 4) is 34.2 Å². The molecule has 0 spiro atoms. The van der Waals surface area contributed by atoms with E-state index in [0.717, 1.165) is 60.2 Å². The molecule has 218 valence electrons. The number of hydrogen-bond donors (Lipinski definition) is 0. The van der Waals surface area contributed by atoms with E-state index in [1.807, 2.05) is 12.1 Å². The van der Waals surface area contributed by atoms with Crippen LogP contribution in [0.1, 0.15) is 0 Å². The second-order valence-corrected chi connectivity index (χ2v) is 12.1. The average Bonchev–Trinajstić information content (AvgIpc) is 3.49. The quantitative estimate of drug-likeness (QED) is 0.190. The summed E-state index contributed by atoms with van der Waals surface area (Å²) < 4.78 is 6.31. The molecule has 10 rings (SSSR count). The smallest absolute Gasteiger partial charge is 0.164 e. The molecule has 0 radical (unpaired) electrons. The second kappa shape index (κ2) is 10.1. The molecule has 0 bridgehead atoms. The van der Waals surface area contributed by atoms with Crippen LogP contribution in [0.25, 0.3) is 99.2 Å². The van der Waals surface area contributed by atoms with Gasteiger partial charge in [-0.15, -0.1) is 0 Å². The van der Waals surface area contributed by atoms with Crippen LogP contribution in [0.4, 0.5) is 0 Å². The van der Waals surface area contributed by atoms with Crippen LogP contribution in [0.3, 0.4) is 0 Å². The van der Waals surface area contributed by atoms with Gasteiger partial charge in [-0.3, -0.25) is 0 Å². The van der Waals surface area contributed by atoms with Crippen molar-refractivity contribution >= 4 is 65.0 Å². The van der Waals surface area contributed by atoms with Crippen molar-refractivity contribution in [2.75, 3.05) is 0 Å². The van der Waals surface area contributed by atoms with Gasteiger partial charge in [-0.1, -0.05) is 109 Å². The fourth-order valence-electron chi connectivity index (χ4n) is 6.92. The molecule has 10 aromatic rings. The molecule has 0 aliphatic rings. The summed E-state index contributed by atoms with van der Waals surface area (Å²) in [4.78, 5) is 15.5. The first-order valence-electron chi connectivity index (χ1n) is 15.8. The lowest BCUT2D eigenvalue weighted by atomic mass is 9.97. The number of rotatable bonds is 3. The van der Waals surface area contributed by atoms with Crippen LogP contribution >= 0.6 is 0 Å². The van der Waals surface area contributed by atoms with Crippen LogP contribution in [-0.4, -0.2) is 15.0 Å². The Morgan fingerprint density at radius 1 is 0.319 bits per heavy atom. The second-order valence-electron chi connectivity index (χ2n) is 12.1. The minimum Gasteiger partial charge on any atom is -0.456 e. The van der Waals surface area contributed by atoms with Gasteiger partial charge in [0.1, 0.15) is 11.2 Å². The number of nitrogens with zero attached hydrogens (tertiary/aromatic N) is 3. The molecule has 2 aromatic heterocycles. The maximum Gasteiger partial charge on any atom is 0.164 e. The maximum atomic E-state index is 6.31. The van der Waals surface area contributed by atoms with Crippen LogP contribution in [0.15, 0.2) is 156 Å². The van der Waals surface area contributed by atoms with E-state index in [2.05, 4.69) is 140 Å². The van der Waals surface area contributed by atoms with Crippen molar-refractivity contribution in [2.24, 2.45) is 0 Å². The molecule has 0 amide bonds. The van der Waals surface area contributed by atoms with E-state index in [-0.39, 0.29) is 0 Å². The van der Waals surface area contributed by atoms with E-state index >= 15 is 0 Å². The Hall–Kier alpha value is -6.39. The standard InChI is InChI=1S/C43H25N3O/c1-2-10-27-21-31(18-17-26(27)9-1)41-44-42(32-19-20-39-36(24-32)37-22-28-11-3-4-12-29(28)25-40(37)47-39)46-43(45-41)38-23-30-13-5-6-14-33(30)34-15-7-8-16-35(34)38/h1-25H. The zero-order valence-electron chi connectivity index (χ0n) is 25.2. The third-order valence-electron chi connectivity index (χ3n) is 9.25. The van der Waals surface area contributed by atoms with Crippen molar-refractivity contribution in [1.82, 2.24) is 15.0 Å². The van der Waals surface area contributed by atoms with Crippen LogP contribution in [0.2, 0.25) is 0 Å². The molecular weight excluding hydrogens is 574 g/mol. The summed E-state index contributed by atoms with van der Waals surface area (Å²) in [5, 5.41) is 11.4. The Morgan fingerprint density at radius 3 is 1.66 bits per heavy atom. The van der Waals surface area contributed by atoms with Crippen LogP contribution in [0, 0.1) is 0 Å². The highest BCUT2D eigenvalue weighted by atomic mass is 16.3. The van der Waals surface area contributed by atoms with Crippen LogP contribution in [0.5, 0.6) is 0 Å². The number of hydrogen-bond acceptors (Lipinski definition) is 4. The first-order valence-corrected chi connectivity index (χ1v) is 15.8. The van der Waals surface area contributed by atoms with E-state index in [1.165, 1.54) is 21.5 Å². The van der Waals surface area contributed by atoms with E-state index in [4.69, 9.17) is 19.4 Å². The Morgan fingerprint density at radius 2 is 0.872 bits per heavy atom. The lowest BCUT2D eigenvalue weighted by molar-refractivity contribution is 0.669. The lowest BCUT2D eigenvalue weighted by Crippen LogP contribution is -2.01. The zero-order chi connectivity index (χ0) is 30.9. The number of aromatic nitrogens is 3. The maximum absolute atomic E-state index is 6.31. The zero-order valence-corrected chi connectivity index (χ0v) is 25.2. The van der Waals surface area contributed by atoms with E-state index in [9.17, 15) is 0 Å². The van der Waals surface area contributed by atoms with Gasteiger partial charge in [0.25, 0.3) is 0 Å². The van der Waals surface area contributed by atoms with Gasteiger partial charge in [0.05, 0.1) is 0 Å². The molecule has 4 heteroatoms. The lowest BCUT2D eigenvalue weighted by Gasteiger charge is -2.12. The summed E-state index contributed by atoms with van der Waals surface area (Å²) in [6.07, 6.45) is 0. The molecule has 0 atom stereocenters. The monoisotopic (exact) mass is 599 g/mol. The minimum atomic E-state index is 0.618. The van der Waals surface area contributed by atoms with Crippen molar-refractivity contribution in [3.63, 3.8) is 0 Å². The molecule has 2 heterocycles. The summed E-state index contributed by atoms with van der Waals surface area (Å²) >= 11 is 0. The van der Waals surface area contributed by atoms with E-state index in [0.29, 0.717) is 17.5 Å². The minimum absolute atomic E-state index is 0.618. The molecule has 0 saturated heterocycles. The highest BCUT2D eigenvalue weighted by molar-refractivity contribution is 6.13. The Bertz CT molecular complexity index is 2870. The van der Waals surface area contributed by atoms with E-state index < -0.39 is 0 Å². The molecule has 0 N–H and O–H groups in total. The fraction of sp³-hybridized carbons (Fsp3) is 0. The first-order chi connectivity index (χ1) is 23.2. The summed E-state index contributed by atoms with van der Waals surface area (Å²) in [6.45, 7) is 0. The Balaban J connectivity index is 1.24. The molecular formula is C43H25N3O. The molecule has 0 fully saturated rings. The van der Waals surface area contributed by atoms with Gasteiger partial charge in [0.15, 0.2) is 17.5 Å². The number of benzene rings is 8. The van der Waals surface area contributed by atoms with Gasteiger partial charge in [-0.25, -0.2) is 15.0 Å². The summed E-state index contributed by atoms with van der Waals surface area (Å²) in [6, 6.07) is 52.9. The first kappa shape index (κ1) is 25.9. The van der Waals surface area contributed by atoms with Gasteiger partial charge >= 0.3 is 0 Å². The van der Waals surface area contributed by atoms with Gasteiger partial charge in [-0.2, -0.15) is 0 Å². The van der Waals surface area contributed by atoms with Gasteiger partial charge in [0.2, 0.25) is 0 Å². The average molecular weight is 600 g/mol. The third kappa shape index (κ3) is 4.19. The molecule has 0 saturated carbocycles. The number of fused-ring (bicyclic) bond motifs is 8. The molecule has 8 aromatic carbocycles. The summed E-state index contributed by atoms with van der Waals surface area (Å²) in [5.74, 6) is 1.90. The highest BCUT2D eigenvalue weighted by Gasteiger charge is 2.17. The predicted octanol–water partition coefficient (Wildman–Crippen LogP) is 11.4. The van der Waals surface area contributed by atoms with Crippen molar-refractivity contribution in [3.05, 3.63) is 152 Å². The Kier molecular flexibility index (Phi) is 5.54. The van der Waals surface area contributed by atoms with E-state index in [1.54, 1.807) is 0 Å². The fourth-order valence-corrected chi connectivity index (χ4v) is 6.92. The normalized spacial score (nSPS) is 11.8. The van der Waals surface area contributed by atoms with Gasteiger partial charge in [-0.05, 0) is 85.6 Å². The Labute approximate surface area is 269 Å². The van der Waals surface area contributed by atoms with Gasteiger partial charge in [0, 0.05) is 27.5 Å². The molecule has 0 unspecified atom stereocenters. The van der Waals surface area contributed by atoms with Gasteiger partial charge < -0.3 is 4.42 Å². The third-order valence-corrected chi connectivity index (χ3v) is 9.25. The largest absolute Gasteiger partial charge is 0.456 e. The van der Waals surface area contributed by atoms with Crippen molar-refractivity contribution in [2.45, 2.75) is 0 Å². The van der Waals surface area contributed by atoms with Crippen LogP contribution < -0.4 is 0 Å². The van der Waals surface area contributed by atoms with Crippen LogP contribution in [-0.2, 0) is 0 Å². The summed E-state index contributed by atoms with van der Waals surface area (Å²) in [7, 11) is 0. The molecule has 0 aliphatic heterocycles. The molecule has 4 nitrogen and oxygen atoms in total. The predicted molar refractivity (Wildman–Crippen MR) is 193 cm³/mol. The highest BCUT2D eigenvalue weighted by Crippen LogP contribution is 2.37. The SMILES string of the molecule is c1ccc2cc(-c3nc(-c4ccc5oc6cc7ccccc7cc6c5c4)nc(-c4cc5ccccc5c5ccccc45)n3)ccc2c1. The topological polar surface area (TPSA) is 51.8 Å². The molecule has 0 aliphatic carbocycles.